The molecule has 1 N–H and O–H groups in total. The number of rotatable bonds is 20. The van der Waals surface area contributed by atoms with Gasteiger partial charge in [0, 0.05) is 27.4 Å². The number of aromatic nitrogens is 5. The van der Waals surface area contributed by atoms with Crippen molar-refractivity contribution in [3.8, 4) is 11.4 Å². The molecule has 0 atom stereocenters. The highest BCUT2D eigenvalue weighted by Crippen LogP contribution is 2.49. The first-order chi connectivity index (χ1) is 22.3. The molecule has 3 heterocycles. The fourth-order valence-corrected chi connectivity index (χ4v) is 6.64. The van der Waals surface area contributed by atoms with Gasteiger partial charge < -0.3 is 10.1 Å². The van der Waals surface area contributed by atoms with Crippen molar-refractivity contribution in [1.29, 1.82) is 0 Å². The molecular weight excluding hydrogens is 652 g/mol. The van der Waals surface area contributed by atoms with Gasteiger partial charge >= 0.3 is 14.0 Å². The minimum absolute atomic E-state index is 0.0706. The van der Waals surface area contributed by atoms with E-state index >= 15 is 0 Å². The highest BCUT2D eigenvalue weighted by Gasteiger charge is 2.31. The SMILES string of the molecule is CCCCOP(=O)(OCCCC)OCCCNc1nc2cc(C(F)(F)F)ccc2n2c(-c3ccnn3COCC[Si](C)(C)C)cnc12. The molecule has 0 saturated heterocycles. The molecule has 0 radical (unpaired) electrons. The molecule has 11 nitrogen and oxygen atoms in total. The van der Waals surface area contributed by atoms with E-state index in [0.717, 1.165) is 43.9 Å². The molecular formula is C31H46F3N6O5PSi. The molecule has 0 fully saturated rings. The van der Waals surface area contributed by atoms with Crippen molar-refractivity contribution < 1.29 is 36.0 Å². The van der Waals surface area contributed by atoms with Gasteiger partial charge in [-0.15, -0.1) is 0 Å². The number of nitrogens with zero attached hydrogens (tertiary/aromatic N) is 5. The van der Waals surface area contributed by atoms with Gasteiger partial charge in [0.05, 0.1) is 54.0 Å². The standard InChI is InChI=1S/C31H46F3N6O5PSi/c1-6-8-16-43-46(41,44-17-9-7-2)45-18-10-14-35-29-30-36-22-28(27-13-15-37-39(27)23-42-19-20-47(3,4)5)40(30)26-12-11-24(31(32,33)34)21-25(26)38-29/h11-13,15,21-22H,6-10,14,16-20,23H2,1-5H3,(H,35,38). The number of nitrogens with one attached hydrogen (secondary N) is 1. The molecule has 3 aromatic heterocycles. The summed E-state index contributed by atoms with van der Waals surface area (Å²) in [6, 6.07) is 6.29. The number of benzene rings is 1. The maximum absolute atomic E-state index is 13.7. The molecule has 4 aromatic rings. The number of unbranched alkanes of at least 4 members (excludes halogenated alkanes) is 2. The predicted molar refractivity (Wildman–Crippen MR) is 179 cm³/mol. The summed E-state index contributed by atoms with van der Waals surface area (Å²) in [5.74, 6) is 0.294. The topological polar surface area (TPSA) is 114 Å². The third kappa shape index (κ3) is 10.3. The van der Waals surface area contributed by atoms with Gasteiger partial charge in [-0.1, -0.05) is 46.3 Å². The van der Waals surface area contributed by atoms with Crippen LogP contribution in [0.15, 0.2) is 36.7 Å². The normalized spacial score (nSPS) is 12.9. The minimum Gasteiger partial charge on any atom is -0.367 e. The molecule has 0 aliphatic carbocycles. The lowest BCUT2D eigenvalue weighted by molar-refractivity contribution is -0.137. The molecule has 0 spiro atoms. The zero-order valence-electron chi connectivity index (χ0n) is 27.8. The Kier molecular flexibility index (Phi) is 13.0. The first kappa shape index (κ1) is 37.0. The zero-order chi connectivity index (χ0) is 34.1. The van der Waals surface area contributed by atoms with E-state index in [0.29, 0.717) is 47.9 Å². The number of anilines is 1. The summed E-state index contributed by atoms with van der Waals surface area (Å²) >= 11 is 0. The highest BCUT2D eigenvalue weighted by atomic mass is 31.2. The third-order valence-corrected chi connectivity index (χ3v) is 10.5. The Bertz CT molecular complexity index is 1630. The van der Waals surface area contributed by atoms with Crippen molar-refractivity contribution in [1.82, 2.24) is 24.1 Å². The Balaban J connectivity index is 1.57. The lowest BCUT2D eigenvalue weighted by atomic mass is 10.2. The largest absolute Gasteiger partial charge is 0.474 e. The number of alkyl halides is 3. The molecule has 0 bridgehead atoms. The molecule has 0 unspecified atom stereocenters. The van der Waals surface area contributed by atoms with E-state index in [9.17, 15) is 17.7 Å². The molecule has 0 amide bonds. The molecule has 1 aromatic carbocycles. The van der Waals surface area contributed by atoms with E-state index in [2.05, 4.69) is 40.0 Å². The Morgan fingerprint density at radius 1 is 0.936 bits per heavy atom. The number of phosphoric ester groups is 1. The number of hydrogen-bond acceptors (Lipinski definition) is 9. The van der Waals surface area contributed by atoms with E-state index in [1.54, 1.807) is 21.5 Å². The quantitative estimate of drug-likeness (QED) is 0.0550. The minimum atomic E-state index is -4.54. The van der Waals surface area contributed by atoms with Gasteiger partial charge in [0.15, 0.2) is 11.5 Å². The number of ether oxygens (including phenoxy) is 1. The Hall–Kier alpha value is -2.81. The van der Waals surface area contributed by atoms with Crippen LogP contribution in [0.4, 0.5) is 19.0 Å². The van der Waals surface area contributed by atoms with Gasteiger partial charge in [-0.3, -0.25) is 18.0 Å². The summed E-state index contributed by atoms with van der Waals surface area (Å²) in [6.07, 6.45) is 2.36. The Labute approximate surface area is 274 Å². The molecule has 0 aliphatic heterocycles. The molecule has 4 rings (SSSR count). The second-order valence-corrected chi connectivity index (χ2v) is 19.8. The van der Waals surface area contributed by atoms with Crippen LogP contribution in [-0.4, -0.2) is 65.2 Å². The second-order valence-electron chi connectivity index (χ2n) is 12.5. The molecule has 0 aliphatic rings. The van der Waals surface area contributed by atoms with Crippen molar-refractivity contribution in [2.75, 3.05) is 38.3 Å². The lowest BCUT2D eigenvalue weighted by Gasteiger charge is -2.18. The second kappa shape index (κ2) is 16.5. The van der Waals surface area contributed by atoms with Crippen LogP contribution in [-0.2, 0) is 35.8 Å². The molecule has 16 heteroatoms. The number of halogens is 3. The van der Waals surface area contributed by atoms with Crippen LogP contribution >= 0.6 is 7.82 Å². The smallest absolute Gasteiger partial charge is 0.367 e. The van der Waals surface area contributed by atoms with Crippen LogP contribution in [0, 0.1) is 0 Å². The van der Waals surface area contributed by atoms with Crippen molar-refractivity contribution in [3.63, 3.8) is 0 Å². The van der Waals surface area contributed by atoms with Crippen LogP contribution in [0.5, 0.6) is 0 Å². The maximum atomic E-state index is 13.7. The fraction of sp³-hybridized carbons (Fsp3) is 0.581. The maximum Gasteiger partial charge on any atom is 0.474 e. The van der Waals surface area contributed by atoms with Crippen LogP contribution in [0.3, 0.4) is 0 Å². The first-order valence-corrected chi connectivity index (χ1v) is 21.3. The lowest BCUT2D eigenvalue weighted by Crippen LogP contribution is -2.22. The summed E-state index contributed by atoms with van der Waals surface area (Å²) < 4.78 is 80.1. The summed E-state index contributed by atoms with van der Waals surface area (Å²) in [4.78, 5) is 9.15. The van der Waals surface area contributed by atoms with E-state index in [-0.39, 0.29) is 32.1 Å². The predicted octanol–water partition coefficient (Wildman–Crippen LogP) is 8.64. The van der Waals surface area contributed by atoms with Crippen LogP contribution in [0.25, 0.3) is 28.1 Å². The van der Waals surface area contributed by atoms with E-state index < -0.39 is 27.6 Å². The van der Waals surface area contributed by atoms with Crippen molar-refractivity contribution in [2.24, 2.45) is 0 Å². The number of phosphoric acid groups is 1. The van der Waals surface area contributed by atoms with Gasteiger partial charge in [-0.2, -0.15) is 18.3 Å². The van der Waals surface area contributed by atoms with Crippen molar-refractivity contribution in [2.45, 2.75) is 84.5 Å². The van der Waals surface area contributed by atoms with Crippen LogP contribution < -0.4 is 5.32 Å². The van der Waals surface area contributed by atoms with Crippen LogP contribution in [0.1, 0.15) is 51.5 Å². The Morgan fingerprint density at radius 3 is 2.26 bits per heavy atom. The van der Waals surface area contributed by atoms with Gasteiger partial charge in [0.2, 0.25) is 0 Å². The van der Waals surface area contributed by atoms with Gasteiger partial charge in [-0.05, 0) is 49.6 Å². The number of hydrogen-bond donors (Lipinski definition) is 1. The highest BCUT2D eigenvalue weighted by molar-refractivity contribution is 7.48. The van der Waals surface area contributed by atoms with Crippen molar-refractivity contribution >= 4 is 38.4 Å². The summed E-state index contributed by atoms with van der Waals surface area (Å²) in [5.41, 5.74) is 1.54. The number of imidazole rings is 1. The average Bonchev–Trinajstić information content (AvgIpc) is 3.66. The molecule has 0 saturated carbocycles. The third-order valence-electron chi connectivity index (χ3n) is 7.30. The first-order valence-electron chi connectivity index (χ1n) is 16.1. The summed E-state index contributed by atoms with van der Waals surface area (Å²) in [7, 11) is -4.99. The molecule has 47 heavy (non-hydrogen) atoms. The van der Waals surface area contributed by atoms with E-state index in [1.807, 2.05) is 19.9 Å². The van der Waals surface area contributed by atoms with Gasteiger partial charge in [-0.25, -0.2) is 19.2 Å². The fourth-order valence-electron chi connectivity index (χ4n) is 4.60. The van der Waals surface area contributed by atoms with Crippen molar-refractivity contribution in [3.05, 3.63) is 42.2 Å². The van der Waals surface area contributed by atoms with E-state index in [1.165, 1.54) is 6.07 Å². The summed E-state index contributed by atoms with van der Waals surface area (Å²) in [5, 5.41) is 7.61. The monoisotopic (exact) mass is 698 g/mol. The van der Waals surface area contributed by atoms with Gasteiger partial charge in [0.25, 0.3) is 0 Å². The zero-order valence-corrected chi connectivity index (χ0v) is 29.7. The van der Waals surface area contributed by atoms with Crippen LogP contribution in [0.2, 0.25) is 25.7 Å². The average molecular weight is 699 g/mol. The Morgan fingerprint density at radius 2 is 1.62 bits per heavy atom. The van der Waals surface area contributed by atoms with E-state index in [4.69, 9.17) is 18.3 Å². The molecule has 260 valence electrons. The number of fused-ring (bicyclic) bond motifs is 3. The summed E-state index contributed by atoms with van der Waals surface area (Å²) in [6.45, 7) is 12.6. The van der Waals surface area contributed by atoms with Gasteiger partial charge in [0.1, 0.15) is 6.73 Å².